The fourth-order valence-corrected chi connectivity index (χ4v) is 5.28. The highest BCUT2D eigenvalue weighted by atomic mass is 16.7. The van der Waals surface area contributed by atoms with Crippen molar-refractivity contribution in [1.29, 1.82) is 0 Å². The zero-order chi connectivity index (χ0) is 26.0. The average molecular weight is 510 g/mol. The number of nitrogens with one attached hydrogen (secondary N) is 2. The Bertz CT molecular complexity index is 958. The first-order valence-corrected chi connectivity index (χ1v) is 13.9. The normalized spacial score (nSPS) is 25.2. The molecule has 4 atom stereocenters. The Hall–Kier alpha value is -2.45. The zero-order valence-corrected chi connectivity index (χ0v) is 22.3. The van der Waals surface area contributed by atoms with Gasteiger partial charge in [0.1, 0.15) is 0 Å². The summed E-state index contributed by atoms with van der Waals surface area (Å²) in [5.74, 6) is 0.183. The number of carbonyl (C=O) groups is 1. The van der Waals surface area contributed by atoms with Gasteiger partial charge >= 0.3 is 6.03 Å². The van der Waals surface area contributed by atoms with E-state index in [2.05, 4.69) is 34.6 Å². The van der Waals surface area contributed by atoms with E-state index in [1.54, 1.807) is 0 Å². The summed E-state index contributed by atoms with van der Waals surface area (Å²) in [7, 11) is 0. The van der Waals surface area contributed by atoms with Crippen LogP contribution in [0, 0.1) is 5.92 Å². The summed E-state index contributed by atoms with van der Waals surface area (Å²) >= 11 is 0. The van der Waals surface area contributed by atoms with E-state index < -0.39 is 6.29 Å². The number of aliphatic hydroxyl groups is 1. The number of urea groups is 1. The van der Waals surface area contributed by atoms with Crippen LogP contribution in [-0.4, -0.2) is 48.3 Å². The van der Waals surface area contributed by atoms with Gasteiger partial charge in [-0.15, -0.1) is 0 Å². The molecule has 7 heteroatoms. The van der Waals surface area contributed by atoms with Crippen molar-refractivity contribution in [2.24, 2.45) is 5.92 Å². The minimum Gasteiger partial charge on any atom is -0.392 e. The number of nitrogens with zero attached hydrogens (tertiary/aromatic N) is 1. The van der Waals surface area contributed by atoms with Gasteiger partial charge in [-0.25, -0.2) is 4.79 Å². The minimum absolute atomic E-state index is 0.0337. The van der Waals surface area contributed by atoms with Crippen LogP contribution in [0.15, 0.2) is 48.5 Å². The van der Waals surface area contributed by atoms with Crippen molar-refractivity contribution < 1.29 is 19.4 Å². The van der Waals surface area contributed by atoms with Crippen LogP contribution >= 0.6 is 0 Å². The molecule has 2 aromatic rings. The first-order valence-electron chi connectivity index (χ1n) is 13.9. The van der Waals surface area contributed by atoms with E-state index >= 15 is 0 Å². The highest BCUT2D eigenvalue weighted by molar-refractivity contribution is 5.73. The Morgan fingerprint density at radius 3 is 2.16 bits per heavy atom. The van der Waals surface area contributed by atoms with Gasteiger partial charge in [0.25, 0.3) is 0 Å². The van der Waals surface area contributed by atoms with E-state index in [9.17, 15) is 9.90 Å². The Labute approximate surface area is 221 Å². The molecule has 4 rings (SSSR count). The third kappa shape index (κ3) is 7.77. The fourth-order valence-electron chi connectivity index (χ4n) is 5.28. The second-order valence-corrected chi connectivity index (χ2v) is 10.3. The Morgan fingerprint density at radius 2 is 1.51 bits per heavy atom. The predicted molar refractivity (Wildman–Crippen MR) is 145 cm³/mol. The number of rotatable bonds is 8. The van der Waals surface area contributed by atoms with Crippen molar-refractivity contribution in [1.82, 2.24) is 15.5 Å². The quantitative estimate of drug-likeness (QED) is 0.464. The van der Waals surface area contributed by atoms with Gasteiger partial charge < -0.3 is 30.1 Å². The molecule has 1 unspecified atom stereocenters. The Morgan fingerprint density at radius 1 is 0.892 bits per heavy atom. The van der Waals surface area contributed by atoms with E-state index in [0.717, 1.165) is 41.9 Å². The molecule has 37 heavy (non-hydrogen) atoms. The maximum atomic E-state index is 11.7. The second kappa shape index (κ2) is 13.9. The molecule has 2 fully saturated rings. The van der Waals surface area contributed by atoms with Crippen molar-refractivity contribution in [2.45, 2.75) is 77.6 Å². The molecule has 0 bridgehead atoms. The molecule has 0 aliphatic carbocycles. The van der Waals surface area contributed by atoms with Gasteiger partial charge in [0.05, 0.1) is 18.8 Å². The molecular weight excluding hydrogens is 466 g/mol. The van der Waals surface area contributed by atoms with Crippen molar-refractivity contribution in [2.75, 3.05) is 26.2 Å². The van der Waals surface area contributed by atoms with Gasteiger partial charge in [0.15, 0.2) is 6.29 Å². The number of likely N-dealkylation sites (tertiary alicyclic amines) is 1. The maximum absolute atomic E-state index is 11.7. The molecular formula is C30H43N3O4. The molecule has 0 saturated carbocycles. The van der Waals surface area contributed by atoms with Gasteiger partial charge in [0, 0.05) is 31.1 Å². The molecule has 0 spiro atoms. The first kappa shape index (κ1) is 27.6. The molecule has 0 aromatic heterocycles. The van der Waals surface area contributed by atoms with Crippen molar-refractivity contribution >= 4 is 6.03 Å². The lowest BCUT2D eigenvalue weighted by atomic mass is 9.89. The molecule has 7 nitrogen and oxygen atoms in total. The van der Waals surface area contributed by atoms with Gasteiger partial charge in [-0.3, -0.25) is 0 Å². The van der Waals surface area contributed by atoms with Gasteiger partial charge in [0.2, 0.25) is 0 Å². The summed E-state index contributed by atoms with van der Waals surface area (Å²) in [5, 5.41) is 15.1. The standard InChI is InChI=1S/C30H43N3O4/c1-3-31-30(35)32-19-23-9-15-26(16-10-23)29-36-27(20-33-17-7-5-4-6-8-18-33)22(2)28(37-29)25-13-11-24(21-34)12-14-25/h9-16,22,27-29,34H,3-8,17-21H2,1-2H3,(H2,31,32,35)/t22-,27+,28+,29?/m0/s1. The van der Waals surface area contributed by atoms with Crippen LogP contribution in [0.2, 0.25) is 0 Å². The smallest absolute Gasteiger partial charge is 0.315 e. The lowest BCUT2D eigenvalue weighted by Gasteiger charge is -2.43. The number of ether oxygens (including phenoxy) is 2. The summed E-state index contributed by atoms with van der Waals surface area (Å²) in [6, 6.07) is 16.0. The van der Waals surface area contributed by atoms with Crippen LogP contribution in [-0.2, 0) is 22.6 Å². The predicted octanol–water partition coefficient (Wildman–Crippen LogP) is 5.06. The van der Waals surface area contributed by atoms with Crippen LogP contribution in [0.5, 0.6) is 0 Å². The van der Waals surface area contributed by atoms with Crippen molar-refractivity contribution in [3.8, 4) is 0 Å². The monoisotopic (exact) mass is 509 g/mol. The summed E-state index contributed by atoms with van der Waals surface area (Å²) in [5.41, 5.74) is 4.00. The van der Waals surface area contributed by atoms with E-state index in [1.165, 1.54) is 32.1 Å². The number of benzene rings is 2. The number of carbonyl (C=O) groups excluding carboxylic acids is 1. The SMILES string of the molecule is CCNC(=O)NCc1ccc(C2O[C@H](CN3CCCCCCC3)[C@H](C)[C@H](c3ccc(CO)cc3)O2)cc1. The molecule has 3 N–H and O–H groups in total. The van der Waals surface area contributed by atoms with Crippen LogP contribution in [0.25, 0.3) is 0 Å². The highest BCUT2D eigenvalue weighted by Crippen LogP contribution is 2.42. The lowest BCUT2D eigenvalue weighted by Crippen LogP contribution is -2.45. The summed E-state index contributed by atoms with van der Waals surface area (Å²) in [6.07, 6.45) is 5.93. The maximum Gasteiger partial charge on any atom is 0.315 e. The van der Waals surface area contributed by atoms with Crippen molar-refractivity contribution in [3.63, 3.8) is 0 Å². The molecule has 0 radical (unpaired) electrons. The fraction of sp³-hybridized carbons (Fsp3) is 0.567. The number of hydrogen-bond acceptors (Lipinski definition) is 5. The van der Waals surface area contributed by atoms with Crippen LogP contribution in [0.3, 0.4) is 0 Å². The van der Waals surface area contributed by atoms with E-state index in [1.807, 2.05) is 43.3 Å². The van der Waals surface area contributed by atoms with E-state index in [4.69, 9.17) is 9.47 Å². The average Bonchev–Trinajstić information content (AvgIpc) is 2.90. The molecule has 2 aliphatic rings. The topological polar surface area (TPSA) is 83.1 Å². The third-order valence-corrected chi connectivity index (χ3v) is 7.55. The molecule has 2 saturated heterocycles. The summed E-state index contributed by atoms with van der Waals surface area (Å²) in [6.45, 7) is 8.38. The molecule has 202 valence electrons. The number of amides is 2. The first-order chi connectivity index (χ1) is 18.1. The van der Waals surface area contributed by atoms with Gasteiger partial charge in [-0.1, -0.05) is 74.7 Å². The van der Waals surface area contributed by atoms with E-state index in [-0.39, 0.29) is 30.8 Å². The van der Waals surface area contributed by atoms with Crippen LogP contribution in [0.4, 0.5) is 4.79 Å². The summed E-state index contributed by atoms with van der Waals surface area (Å²) < 4.78 is 13.2. The Balaban J connectivity index is 1.50. The molecule has 2 heterocycles. The van der Waals surface area contributed by atoms with E-state index in [0.29, 0.717) is 13.1 Å². The van der Waals surface area contributed by atoms with Crippen molar-refractivity contribution in [3.05, 3.63) is 70.8 Å². The number of hydrogen-bond donors (Lipinski definition) is 3. The minimum atomic E-state index is -0.469. The third-order valence-electron chi connectivity index (χ3n) is 7.55. The largest absolute Gasteiger partial charge is 0.392 e. The summed E-state index contributed by atoms with van der Waals surface area (Å²) in [4.78, 5) is 14.3. The van der Waals surface area contributed by atoms with Crippen LogP contribution in [0.1, 0.15) is 80.6 Å². The van der Waals surface area contributed by atoms with Gasteiger partial charge in [-0.2, -0.15) is 0 Å². The van der Waals surface area contributed by atoms with Crippen LogP contribution < -0.4 is 10.6 Å². The second-order valence-electron chi connectivity index (χ2n) is 10.3. The molecule has 2 amide bonds. The zero-order valence-electron chi connectivity index (χ0n) is 22.3. The lowest BCUT2D eigenvalue weighted by molar-refractivity contribution is -0.276. The number of aliphatic hydroxyl groups excluding tert-OH is 1. The molecule has 2 aliphatic heterocycles. The highest BCUT2D eigenvalue weighted by Gasteiger charge is 2.39. The Kier molecular flexibility index (Phi) is 10.4. The van der Waals surface area contributed by atoms with Gasteiger partial charge in [-0.05, 0) is 49.5 Å². The molecule has 2 aromatic carbocycles.